The fourth-order valence-corrected chi connectivity index (χ4v) is 2.59. The molecular formula is C13H11N3S. The summed E-state index contributed by atoms with van der Waals surface area (Å²) in [7, 11) is 0. The molecular weight excluding hydrogens is 230 g/mol. The number of fused-ring (bicyclic) bond motifs is 1. The van der Waals surface area contributed by atoms with Crippen molar-refractivity contribution in [2.24, 2.45) is 5.84 Å². The Morgan fingerprint density at radius 1 is 1.12 bits per heavy atom. The van der Waals surface area contributed by atoms with Crippen molar-refractivity contribution in [2.75, 3.05) is 5.43 Å². The van der Waals surface area contributed by atoms with E-state index in [0.29, 0.717) is 5.82 Å². The predicted octanol–water partition coefficient (Wildman–Crippen LogP) is 3.25. The van der Waals surface area contributed by atoms with E-state index in [-0.39, 0.29) is 0 Å². The molecule has 3 rings (SSSR count). The SMILES string of the molecule is NNc1nc2ccccc2cc1-c1cccs1. The van der Waals surface area contributed by atoms with Crippen molar-refractivity contribution in [1.82, 2.24) is 4.98 Å². The van der Waals surface area contributed by atoms with E-state index < -0.39 is 0 Å². The number of nitrogen functional groups attached to an aromatic ring is 1. The van der Waals surface area contributed by atoms with E-state index in [1.54, 1.807) is 11.3 Å². The molecule has 4 heteroatoms. The Balaban J connectivity index is 2.29. The minimum Gasteiger partial charge on any atom is -0.308 e. The molecule has 2 aromatic heterocycles. The molecule has 0 aliphatic carbocycles. The maximum absolute atomic E-state index is 5.54. The van der Waals surface area contributed by atoms with Crippen LogP contribution in [0.1, 0.15) is 0 Å². The molecule has 3 aromatic rings. The molecule has 0 bridgehead atoms. The quantitative estimate of drug-likeness (QED) is 0.535. The van der Waals surface area contributed by atoms with Crippen LogP contribution >= 0.6 is 11.3 Å². The average molecular weight is 241 g/mol. The van der Waals surface area contributed by atoms with E-state index in [9.17, 15) is 0 Å². The Kier molecular flexibility index (Phi) is 2.51. The summed E-state index contributed by atoms with van der Waals surface area (Å²) in [5.41, 5.74) is 4.66. The molecule has 2 heterocycles. The summed E-state index contributed by atoms with van der Waals surface area (Å²) >= 11 is 1.68. The number of nitrogens with two attached hydrogens (primary N) is 1. The number of pyridine rings is 1. The molecule has 0 saturated heterocycles. The largest absolute Gasteiger partial charge is 0.308 e. The number of rotatable bonds is 2. The third-order valence-corrected chi connectivity index (χ3v) is 3.55. The first kappa shape index (κ1) is 10.3. The van der Waals surface area contributed by atoms with Crippen LogP contribution < -0.4 is 11.3 Å². The zero-order valence-corrected chi connectivity index (χ0v) is 9.87. The van der Waals surface area contributed by atoms with Crippen LogP contribution in [0.15, 0.2) is 47.8 Å². The molecule has 0 spiro atoms. The highest BCUT2D eigenvalue weighted by molar-refractivity contribution is 7.13. The third kappa shape index (κ3) is 1.77. The molecule has 0 unspecified atom stereocenters. The van der Waals surface area contributed by atoms with Gasteiger partial charge in [0.1, 0.15) is 5.82 Å². The standard InChI is InChI=1S/C13H11N3S/c14-16-13-10(12-6-3-7-17-12)8-9-4-1-2-5-11(9)15-13/h1-8H,14H2,(H,15,16). The number of para-hydroxylation sites is 1. The van der Waals surface area contributed by atoms with Crippen molar-refractivity contribution in [1.29, 1.82) is 0 Å². The number of thiophene rings is 1. The Hall–Kier alpha value is -1.91. The van der Waals surface area contributed by atoms with Gasteiger partial charge in [0.05, 0.1) is 5.52 Å². The monoisotopic (exact) mass is 241 g/mol. The molecule has 3 N–H and O–H groups in total. The lowest BCUT2D eigenvalue weighted by Crippen LogP contribution is -2.09. The number of anilines is 1. The summed E-state index contributed by atoms with van der Waals surface area (Å²) in [6.45, 7) is 0. The molecule has 84 valence electrons. The molecule has 0 aliphatic heterocycles. The minimum atomic E-state index is 0.714. The number of aromatic nitrogens is 1. The fourth-order valence-electron chi connectivity index (χ4n) is 1.85. The number of nitrogens with one attached hydrogen (secondary N) is 1. The second-order valence-electron chi connectivity index (χ2n) is 3.70. The summed E-state index contributed by atoms with van der Waals surface area (Å²) < 4.78 is 0. The van der Waals surface area contributed by atoms with Gasteiger partial charge in [-0.3, -0.25) is 0 Å². The molecule has 0 fully saturated rings. The summed E-state index contributed by atoms with van der Waals surface area (Å²) in [4.78, 5) is 5.68. The summed E-state index contributed by atoms with van der Waals surface area (Å²) in [5.74, 6) is 6.25. The van der Waals surface area contributed by atoms with Crippen LogP contribution in [0, 0.1) is 0 Å². The van der Waals surface area contributed by atoms with Crippen LogP contribution in [-0.4, -0.2) is 4.98 Å². The van der Waals surface area contributed by atoms with E-state index in [1.165, 1.54) is 0 Å². The highest BCUT2D eigenvalue weighted by Gasteiger charge is 2.08. The van der Waals surface area contributed by atoms with Crippen LogP contribution in [0.2, 0.25) is 0 Å². The molecule has 0 amide bonds. The van der Waals surface area contributed by atoms with Crippen molar-refractivity contribution >= 4 is 28.1 Å². The van der Waals surface area contributed by atoms with E-state index in [1.807, 2.05) is 29.6 Å². The number of hydrogen-bond donors (Lipinski definition) is 2. The van der Waals surface area contributed by atoms with Gasteiger partial charge >= 0.3 is 0 Å². The molecule has 1 aromatic carbocycles. The lowest BCUT2D eigenvalue weighted by Gasteiger charge is -2.08. The lowest BCUT2D eigenvalue weighted by molar-refractivity contribution is 1.27. The predicted molar refractivity (Wildman–Crippen MR) is 72.9 cm³/mol. The van der Waals surface area contributed by atoms with Crippen molar-refractivity contribution in [3.8, 4) is 10.4 Å². The van der Waals surface area contributed by atoms with E-state index >= 15 is 0 Å². The number of benzene rings is 1. The molecule has 0 aliphatic rings. The highest BCUT2D eigenvalue weighted by Crippen LogP contribution is 2.32. The van der Waals surface area contributed by atoms with Gasteiger partial charge in [-0.25, -0.2) is 10.8 Å². The van der Waals surface area contributed by atoms with Crippen molar-refractivity contribution in [2.45, 2.75) is 0 Å². The maximum Gasteiger partial charge on any atom is 0.149 e. The first-order valence-corrected chi connectivity index (χ1v) is 6.17. The normalized spacial score (nSPS) is 10.6. The third-order valence-electron chi connectivity index (χ3n) is 2.65. The van der Waals surface area contributed by atoms with Gasteiger partial charge in [0, 0.05) is 15.8 Å². The number of nitrogens with zero attached hydrogens (tertiary/aromatic N) is 1. The van der Waals surface area contributed by atoms with Crippen LogP contribution in [0.4, 0.5) is 5.82 Å². The van der Waals surface area contributed by atoms with Crippen molar-refractivity contribution in [3.63, 3.8) is 0 Å². The average Bonchev–Trinajstić information content (AvgIpc) is 2.91. The van der Waals surface area contributed by atoms with Gasteiger partial charge in [0.2, 0.25) is 0 Å². The Bertz CT molecular complexity index is 647. The second-order valence-corrected chi connectivity index (χ2v) is 4.65. The van der Waals surface area contributed by atoms with Gasteiger partial charge in [-0.1, -0.05) is 24.3 Å². The molecule has 0 atom stereocenters. The van der Waals surface area contributed by atoms with Crippen molar-refractivity contribution < 1.29 is 0 Å². The highest BCUT2D eigenvalue weighted by atomic mass is 32.1. The second kappa shape index (κ2) is 4.16. The summed E-state index contributed by atoms with van der Waals surface area (Å²) in [6, 6.07) is 14.2. The van der Waals surface area contributed by atoms with Crippen molar-refractivity contribution in [3.05, 3.63) is 47.8 Å². The van der Waals surface area contributed by atoms with Gasteiger partial charge in [-0.2, -0.15) is 0 Å². The van der Waals surface area contributed by atoms with E-state index in [4.69, 9.17) is 5.84 Å². The smallest absolute Gasteiger partial charge is 0.149 e. The zero-order chi connectivity index (χ0) is 11.7. The molecule has 17 heavy (non-hydrogen) atoms. The van der Waals surface area contributed by atoms with Crippen LogP contribution in [0.25, 0.3) is 21.3 Å². The fraction of sp³-hybridized carbons (Fsp3) is 0. The summed E-state index contributed by atoms with van der Waals surface area (Å²) in [6.07, 6.45) is 0. The van der Waals surface area contributed by atoms with Gasteiger partial charge in [-0.05, 0) is 23.6 Å². The van der Waals surface area contributed by atoms with E-state index in [0.717, 1.165) is 21.3 Å². The maximum atomic E-state index is 5.54. The van der Waals surface area contributed by atoms with Crippen LogP contribution in [0.3, 0.4) is 0 Å². The zero-order valence-electron chi connectivity index (χ0n) is 9.05. The van der Waals surface area contributed by atoms with Crippen LogP contribution in [-0.2, 0) is 0 Å². The molecule has 0 radical (unpaired) electrons. The van der Waals surface area contributed by atoms with Gasteiger partial charge in [0.25, 0.3) is 0 Å². The number of hydrazine groups is 1. The summed E-state index contributed by atoms with van der Waals surface area (Å²) in [5, 5.41) is 3.17. The first-order chi connectivity index (χ1) is 8.38. The van der Waals surface area contributed by atoms with Gasteiger partial charge in [0.15, 0.2) is 0 Å². The topological polar surface area (TPSA) is 50.9 Å². The molecule has 0 saturated carbocycles. The van der Waals surface area contributed by atoms with Crippen LogP contribution in [0.5, 0.6) is 0 Å². The number of hydrogen-bond acceptors (Lipinski definition) is 4. The first-order valence-electron chi connectivity index (χ1n) is 5.29. The molecule has 3 nitrogen and oxygen atoms in total. The Morgan fingerprint density at radius 2 is 2.00 bits per heavy atom. The van der Waals surface area contributed by atoms with Gasteiger partial charge in [-0.15, -0.1) is 11.3 Å². The Morgan fingerprint density at radius 3 is 2.76 bits per heavy atom. The van der Waals surface area contributed by atoms with E-state index in [2.05, 4.69) is 28.6 Å². The van der Waals surface area contributed by atoms with Gasteiger partial charge < -0.3 is 5.43 Å². The lowest BCUT2D eigenvalue weighted by atomic mass is 10.1. The Labute approximate surface area is 103 Å². The minimum absolute atomic E-state index is 0.714.